The van der Waals surface area contributed by atoms with Gasteiger partial charge in [-0.15, -0.1) is 11.8 Å². The van der Waals surface area contributed by atoms with Gasteiger partial charge >= 0.3 is 0 Å². The van der Waals surface area contributed by atoms with Crippen LogP contribution in [0.3, 0.4) is 0 Å². The molecule has 7 heteroatoms. The van der Waals surface area contributed by atoms with Gasteiger partial charge in [0, 0.05) is 56.3 Å². The highest BCUT2D eigenvalue weighted by Crippen LogP contribution is 2.25. The van der Waals surface area contributed by atoms with Gasteiger partial charge in [0.1, 0.15) is 0 Å². The quantitative estimate of drug-likeness (QED) is 0.325. The fourth-order valence-corrected chi connectivity index (χ4v) is 4.22. The van der Waals surface area contributed by atoms with E-state index in [1.54, 1.807) is 24.5 Å². The molecule has 2 N–H and O–H groups in total. The number of aliphatic imine (C=N–C) groups is 1. The molecule has 3 rings (SSSR count). The van der Waals surface area contributed by atoms with E-state index in [0.717, 1.165) is 24.8 Å². The monoisotopic (exact) mass is 397 g/mol. The highest BCUT2D eigenvalue weighted by Gasteiger charge is 2.24. The molecule has 2 heterocycles. The molecule has 28 heavy (non-hydrogen) atoms. The maximum Gasteiger partial charge on any atom is 0.252 e. The molecule has 1 aliphatic rings. The van der Waals surface area contributed by atoms with Crippen LogP contribution in [0.4, 0.5) is 0 Å². The number of aromatic nitrogens is 1. The van der Waals surface area contributed by atoms with E-state index in [4.69, 9.17) is 0 Å². The van der Waals surface area contributed by atoms with Crippen molar-refractivity contribution >= 4 is 23.6 Å². The smallest absolute Gasteiger partial charge is 0.252 e. The lowest BCUT2D eigenvalue weighted by Gasteiger charge is -2.21. The number of guanidine groups is 1. The highest BCUT2D eigenvalue weighted by molar-refractivity contribution is 7.99. The lowest BCUT2D eigenvalue weighted by atomic mass is 10.2. The molecule has 1 atom stereocenters. The molecule has 6 nitrogen and oxygen atoms in total. The zero-order valence-corrected chi connectivity index (χ0v) is 17.0. The normalized spacial score (nSPS) is 16.8. The van der Waals surface area contributed by atoms with E-state index in [1.165, 1.54) is 11.3 Å². The van der Waals surface area contributed by atoms with Gasteiger partial charge in [0.05, 0.1) is 5.56 Å². The minimum Gasteiger partial charge on any atom is -0.354 e. The number of carbonyl (C=O) groups excluding carboxylic acids is 1. The largest absolute Gasteiger partial charge is 0.354 e. The molecule has 0 aliphatic carbocycles. The zero-order chi connectivity index (χ0) is 19.6. The Bertz CT molecular complexity index is 769. The Kier molecular flexibility index (Phi) is 7.72. The molecule has 148 valence electrons. The number of hydrogen-bond acceptors (Lipinski definition) is 4. The van der Waals surface area contributed by atoms with E-state index < -0.39 is 0 Å². The zero-order valence-electron chi connectivity index (χ0n) is 16.2. The van der Waals surface area contributed by atoms with Crippen molar-refractivity contribution in [1.82, 2.24) is 20.5 Å². The van der Waals surface area contributed by atoms with Crippen LogP contribution in [0.25, 0.3) is 0 Å². The lowest BCUT2D eigenvalue weighted by molar-refractivity contribution is 0.0954. The molecule has 1 aromatic carbocycles. The molecule has 1 saturated heterocycles. The number of thioether (sulfide) groups is 1. The summed E-state index contributed by atoms with van der Waals surface area (Å²) in [7, 11) is 1.81. The number of nitrogens with one attached hydrogen (secondary N) is 2. The Balaban J connectivity index is 1.36. The van der Waals surface area contributed by atoms with Crippen LogP contribution in [-0.4, -0.2) is 60.7 Å². The third-order valence-electron chi connectivity index (χ3n) is 4.64. The maximum atomic E-state index is 12.0. The molecule has 1 unspecified atom stereocenters. The Morgan fingerprint density at radius 3 is 2.79 bits per heavy atom. The van der Waals surface area contributed by atoms with Gasteiger partial charge in [-0.05, 0) is 36.6 Å². The first-order valence-electron chi connectivity index (χ1n) is 9.58. The van der Waals surface area contributed by atoms with Gasteiger partial charge in [0.2, 0.25) is 0 Å². The Hall–Kier alpha value is -2.54. The van der Waals surface area contributed by atoms with Gasteiger partial charge in [-0.2, -0.15) is 0 Å². The van der Waals surface area contributed by atoms with Crippen LogP contribution in [0.1, 0.15) is 16.8 Å². The first-order valence-corrected chi connectivity index (χ1v) is 10.6. The van der Waals surface area contributed by atoms with Crippen LogP contribution in [0.15, 0.2) is 64.7 Å². The molecule has 1 aliphatic heterocycles. The minimum atomic E-state index is -0.107. The van der Waals surface area contributed by atoms with Crippen molar-refractivity contribution in [3.8, 4) is 0 Å². The summed E-state index contributed by atoms with van der Waals surface area (Å²) < 4.78 is 0. The first kappa shape index (κ1) is 20.2. The predicted molar refractivity (Wildman–Crippen MR) is 115 cm³/mol. The van der Waals surface area contributed by atoms with E-state index in [-0.39, 0.29) is 5.91 Å². The number of carbonyl (C=O) groups is 1. The van der Waals surface area contributed by atoms with Crippen molar-refractivity contribution in [2.75, 3.05) is 39.0 Å². The molecular formula is C21H27N5OS. The van der Waals surface area contributed by atoms with Crippen molar-refractivity contribution in [2.45, 2.75) is 11.3 Å². The fraction of sp³-hybridized carbons (Fsp3) is 0.381. The second kappa shape index (κ2) is 10.7. The second-order valence-electron chi connectivity index (χ2n) is 6.70. The van der Waals surface area contributed by atoms with Gasteiger partial charge in [-0.1, -0.05) is 18.2 Å². The molecule has 2 aromatic rings. The summed E-state index contributed by atoms with van der Waals surface area (Å²) in [5.41, 5.74) is 0.574. The van der Waals surface area contributed by atoms with Crippen molar-refractivity contribution in [3.63, 3.8) is 0 Å². The second-order valence-corrected chi connectivity index (χ2v) is 7.79. The maximum absolute atomic E-state index is 12.0. The van der Waals surface area contributed by atoms with E-state index in [1.807, 2.05) is 18.8 Å². The third-order valence-corrected chi connectivity index (χ3v) is 5.89. The Morgan fingerprint density at radius 2 is 2.04 bits per heavy atom. The van der Waals surface area contributed by atoms with Gasteiger partial charge in [-0.3, -0.25) is 14.8 Å². The fourth-order valence-electron chi connectivity index (χ4n) is 3.17. The standard InChI is InChI=1S/C21H27N5OS/c1-22-21(25-12-11-24-20(27)18-6-5-10-23-14-18)26-13-9-17(15-26)16-28-19-7-3-2-4-8-19/h2-8,10,14,17H,9,11-13,15-16H2,1H3,(H,22,25)(H,24,27). The van der Waals surface area contributed by atoms with Crippen molar-refractivity contribution in [3.05, 3.63) is 60.4 Å². The van der Waals surface area contributed by atoms with Gasteiger partial charge < -0.3 is 15.5 Å². The summed E-state index contributed by atoms with van der Waals surface area (Å²) in [6.45, 7) is 3.20. The van der Waals surface area contributed by atoms with Crippen LogP contribution in [0, 0.1) is 5.92 Å². The summed E-state index contributed by atoms with van der Waals surface area (Å²) in [6, 6.07) is 14.1. The highest BCUT2D eigenvalue weighted by atomic mass is 32.2. The van der Waals surface area contributed by atoms with Gasteiger partial charge in [-0.25, -0.2) is 0 Å². The van der Waals surface area contributed by atoms with Crippen LogP contribution in [0.2, 0.25) is 0 Å². The summed E-state index contributed by atoms with van der Waals surface area (Å²) in [4.78, 5) is 24.0. The number of pyridine rings is 1. The number of hydrogen-bond donors (Lipinski definition) is 2. The number of nitrogens with zero attached hydrogens (tertiary/aromatic N) is 3. The summed E-state index contributed by atoms with van der Waals surface area (Å²) >= 11 is 1.92. The Labute approximate surface area is 170 Å². The summed E-state index contributed by atoms with van der Waals surface area (Å²) in [5, 5.41) is 6.25. The van der Waals surface area contributed by atoms with Crippen LogP contribution in [0.5, 0.6) is 0 Å². The predicted octanol–water partition coefficient (Wildman–Crippen LogP) is 2.50. The van der Waals surface area contributed by atoms with E-state index in [0.29, 0.717) is 24.6 Å². The molecule has 0 saturated carbocycles. The number of rotatable bonds is 7. The number of benzene rings is 1. The van der Waals surface area contributed by atoms with E-state index in [9.17, 15) is 4.79 Å². The molecule has 1 aromatic heterocycles. The molecule has 0 spiro atoms. The Morgan fingerprint density at radius 1 is 1.21 bits per heavy atom. The van der Waals surface area contributed by atoms with E-state index in [2.05, 4.69) is 55.8 Å². The summed E-state index contributed by atoms with van der Waals surface area (Å²) in [5.74, 6) is 2.58. The lowest BCUT2D eigenvalue weighted by Crippen LogP contribution is -2.43. The average Bonchev–Trinajstić information content (AvgIpc) is 3.22. The first-order chi connectivity index (χ1) is 13.8. The third kappa shape index (κ3) is 5.99. The average molecular weight is 398 g/mol. The van der Waals surface area contributed by atoms with Gasteiger partial charge in [0.25, 0.3) is 5.91 Å². The molecule has 0 bridgehead atoms. The summed E-state index contributed by atoms with van der Waals surface area (Å²) in [6.07, 6.45) is 4.40. The minimum absolute atomic E-state index is 0.107. The van der Waals surface area contributed by atoms with Gasteiger partial charge in [0.15, 0.2) is 5.96 Å². The molecular weight excluding hydrogens is 370 g/mol. The van der Waals surface area contributed by atoms with Crippen molar-refractivity contribution < 1.29 is 4.79 Å². The van der Waals surface area contributed by atoms with Crippen molar-refractivity contribution in [1.29, 1.82) is 0 Å². The number of amides is 1. The number of likely N-dealkylation sites (tertiary alicyclic amines) is 1. The van der Waals surface area contributed by atoms with Crippen LogP contribution >= 0.6 is 11.8 Å². The molecule has 1 amide bonds. The molecule has 0 radical (unpaired) electrons. The van der Waals surface area contributed by atoms with E-state index >= 15 is 0 Å². The molecule has 1 fully saturated rings. The van der Waals surface area contributed by atoms with Crippen molar-refractivity contribution in [2.24, 2.45) is 10.9 Å². The topological polar surface area (TPSA) is 69.6 Å². The SMILES string of the molecule is CN=C(NCCNC(=O)c1cccnc1)N1CCC(CSc2ccccc2)C1. The van der Waals surface area contributed by atoms with Crippen LogP contribution in [-0.2, 0) is 0 Å². The van der Waals surface area contributed by atoms with Crippen LogP contribution < -0.4 is 10.6 Å².